The van der Waals surface area contributed by atoms with Crippen molar-refractivity contribution in [1.82, 2.24) is 14.3 Å². The Bertz CT molecular complexity index is 1260. The summed E-state index contributed by atoms with van der Waals surface area (Å²) in [6.07, 6.45) is 0. The van der Waals surface area contributed by atoms with Crippen LogP contribution < -0.4 is 11.1 Å². The van der Waals surface area contributed by atoms with Gasteiger partial charge in [-0.15, -0.1) is 0 Å². The van der Waals surface area contributed by atoms with Crippen LogP contribution in [0.25, 0.3) is 21.8 Å². The van der Waals surface area contributed by atoms with Crippen LogP contribution in [0.15, 0.2) is 38.8 Å². The smallest absolute Gasteiger partial charge is 0.314 e. The van der Waals surface area contributed by atoms with E-state index < -0.39 is 26.1 Å². The Hall–Kier alpha value is -3.05. The molecule has 0 radical (unpaired) electrons. The number of nitro benzene ring substituents is 1. The Morgan fingerprint density at radius 3 is 2.28 bits per heavy atom. The number of nitrogens with one attached hydrogen (secondary N) is 2. The number of non-ortho nitro benzene ring substituents is 1. The molecule has 0 spiro atoms. The fraction of sp³-hybridized carbons (Fsp3) is 0.143. The van der Waals surface area contributed by atoms with Gasteiger partial charge in [0, 0.05) is 25.5 Å². The molecule has 0 fully saturated rings. The molecule has 11 heteroatoms. The highest BCUT2D eigenvalue weighted by atomic mass is 32.2. The van der Waals surface area contributed by atoms with Crippen molar-refractivity contribution in [3.8, 4) is 0 Å². The molecule has 0 aliphatic carbocycles. The molecule has 1 aromatic heterocycles. The number of sulfonamides is 1. The van der Waals surface area contributed by atoms with E-state index in [0.29, 0.717) is 0 Å². The minimum absolute atomic E-state index is 0.0307. The van der Waals surface area contributed by atoms with Crippen LogP contribution in [0.2, 0.25) is 0 Å². The Morgan fingerprint density at radius 1 is 1.04 bits per heavy atom. The van der Waals surface area contributed by atoms with Gasteiger partial charge in [-0.25, -0.2) is 12.7 Å². The molecule has 0 amide bonds. The quantitative estimate of drug-likeness (QED) is 0.300. The number of aromatic nitrogens is 2. The Kier molecular flexibility index (Phi) is 3.69. The van der Waals surface area contributed by atoms with Gasteiger partial charge < -0.3 is 9.97 Å². The lowest BCUT2D eigenvalue weighted by molar-refractivity contribution is -0.383. The number of fused-ring (bicyclic) bond motifs is 3. The highest BCUT2D eigenvalue weighted by molar-refractivity contribution is 7.89. The van der Waals surface area contributed by atoms with E-state index in [1.807, 2.05) is 0 Å². The summed E-state index contributed by atoms with van der Waals surface area (Å²) in [5.74, 6) is 0. The van der Waals surface area contributed by atoms with Gasteiger partial charge in [0.05, 0.1) is 26.2 Å². The molecule has 0 aliphatic rings. The van der Waals surface area contributed by atoms with E-state index in [2.05, 4.69) is 9.97 Å². The van der Waals surface area contributed by atoms with Gasteiger partial charge in [0.2, 0.25) is 10.0 Å². The van der Waals surface area contributed by atoms with Gasteiger partial charge in [-0.05, 0) is 12.1 Å². The van der Waals surface area contributed by atoms with Gasteiger partial charge in [0.1, 0.15) is 0 Å². The summed E-state index contributed by atoms with van der Waals surface area (Å²) in [6, 6.07) is 4.90. The van der Waals surface area contributed by atoms with E-state index in [1.54, 1.807) is 0 Å². The summed E-state index contributed by atoms with van der Waals surface area (Å²) in [4.78, 5) is 38.3. The van der Waals surface area contributed by atoms with Crippen molar-refractivity contribution in [3.63, 3.8) is 0 Å². The molecule has 2 aromatic carbocycles. The topological polar surface area (TPSA) is 146 Å². The standard InChI is InChI=1S/C14H12N4O6S/c1-17(2)25(23,24)7-3-4-8-9(5-7)11(18(21)22)6-10-12(8)16-14(20)13(19)15-10/h3-6H,1-2H3,(H,15,19)(H,16,20). The van der Waals surface area contributed by atoms with Crippen molar-refractivity contribution >= 4 is 37.5 Å². The van der Waals surface area contributed by atoms with Crippen LogP contribution in [-0.4, -0.2) is 41.7 Å². The molecule has 0 saturated heterocycles. The van der Waals surface area contributed by atoms with Crippen LogP contribution in [0.4, 0.5) is 5.69 Å². The van der Waals surface area contributed by atoms with E-state index in [-0.39, 0.29) is 32.4 Å². The van der Waals surface area contributed by atoms with Crippen molar-refractivity contribution in [2.75, 3.05) is 14.1 Å². The molecule has 0 bridgehead atoms. The number of H-pyrrole nitrogens is 2. The Labute approximate surface area is 139 Å². The number of nitrogens with zero attached hydrogens (tertiary/aromatic N) is 2. The van der Waals surface area contributed by atoms with Gasteiger partial charge in [-0.3, -0.25) is 19.7 Å². The summed E-state index contributed by atoms with van der Waals surface area (Å²) in [5.41, 5.74) is -1.98. The van der Waals surface area contributed by atoms with E-state index >= 15 is 0 Å². The average molecular weight is 364 g/mol. The number of hydrogen-bond donors (Lipinski definition) is 2. The van der Waals surface area contributed by atoms with Crippen LogP contribution in [0, 0.1) is 10.1 Å². The van der Waals surface area contributed by atoms with E-state index in [0.717, 1.165) is 10.4 Å². The normalized spacial score (nSPS) is 12.1. The predicted octanol–water partition coefficient (Wildman–Crippen LogP) is 0.528. The third-order valence-electron chi connectivity index (χ3n) is 3.75. The van der Waals surface area contributed by atoms with E-state index in [1.165, 1.54) is 32.3 Å². The first kappa shape index (κ1) is 16.8. The van der Waals surface area contributed by atoms with Crippen LogP contribution in [0.3, 0.4) is 0 Å². The molecule has 2 N–H and O–H groups in total. The second-order valence-electron chi connectivity index (χ2n) is 5.48. The highest BCUT2D eigenvalue weighted by Gasteiger charge is 2.22. The van der Waals surface area contributed by atoms with Gasteiger partial charge in [-0.1, -0.05) is 6.07 Å². The maximum Gasteiger partial charge on any atom is 0.314 e. The predicted molar refractivity (Wildman–Crippen MR) is 90.2 cm³/mol. The third kappa shape index (κ3) is 2.58. The average Bonchev–Trinajstić information content (AvgIpc) is 2.54. The highest BCUT2D eigenvalue weighted by Crippen LogP contribution is 2.32. The Balaban J connectivity index is 2.52. The van der Waals surface area contributed by atoms with Gasteiger partial charge in [-0.2, -0.15) is 0 Å². The van der Waals surface area contributed by atoms with Crippen molar-refractivity contribution in [2.24, 2.45) is 0 Å². The molecule has 0 saturated carbocycles. The first-order chi connectivity index (χ1) is 11.6. The van der Waals surface area contributed by atoms with Crippen molar-refractivity contribution in [1.29, 1.82) is 0 Å². The second-order valence-corrected chi connectivity index (χ2v) is 7.63. The third-order valence-corrected chi connectivity index (χ3v) is 5.57. The van der Waals surface area contributed by atoms with Crippen molar-refractivity contribution in [3.05, 3.63) is 55.1 Å². The minimum Gasteiger partial charge on any atom is -0.316 e. The molecule has 0 aliphatic heterocycles. The van der Waals surface area contributed by atoms with Crippen LogP contribution in [0.1, 0.15) is 0 Å². The Morgan fingerprint density at radius 2 is 1.68 bits per heavy atom. The lowest BCUT2D eigenvalue weighted by Crippen LogP contribution is -2.29. The molecule has 130 valence electrons. The zero-order valence-electron chi connectivity index (χ0n) is 13.1. The summed E-state index contributed by atoms with van der Waals surface area (Å²) in [7, 11) is -1.11. The van der Waals surface area contributed by atoms with Gasteiger partial charge in [0.15, 0.2) is 0 Å². The summed E-state index contributed by atoms with van der Waals surface area (Å²) >= 11 is 0. The van der Waals surface area contributed by atoms with Gasteiger partial charge in [0.25, 0.3) is 5.69 Å². The molecule has 10 nitrogen and oxygen atoms in total. The summed E-state index contributed by atoms with van der Waals surface area (Å²) in [5, 5.41) is 11.7. The number of rotatable bonds is 3. The van der Waals surface area contributed by atoms with E-state index in [9.17, 15) is 28.1 Å². The lowest BCUT2D eigenvalue weighted by atomic mass is 10.1. The first-order valence-electron chi connectivity index (χ1n) is 6.93. The zero-order chi connectivity index (χ0) is 18.5. The second kappa shape index (κ2) is 5.50. The maximum atomic E-state index is 12.3. The SMILES string of the molecule is CN(C)S(=O)(=O)c1ccc2c(c1)c([N+](=O)[O-])cc1[nH]c(=O)c(=O)[nH]c12. The molecule has 25 heavy (non-hydrogen) atoms. The minimum atomic E-state index is -3.80. The molecule has 3 rings (SSSR count). The van der Waals surface area contributed by atoms with Gasteiger partial charge >= 0.3 is 11.1 Å². The fourth-order valence-corrected chi connectivity index (χ4v) is 3.42. The molecule has 0 atom stereocenters. The molecule has 1 heterocycles. The van der Waals surface area contributed by atoms with Crippen molar-refractivity contribution < 1.29 is 13.3 Å². The van der Waals surface area contributed by atoms with Crippen LogP contribution >= 0.6 is 0 Å². The molecule has 0 unspecified atom stereocenters. The van der Waals surface area contributed by atoms with E-state index in [4.69, 9.17) is 0 Å². The first-order valence-corrected chi connectivity index (χ1v) is 8.37. The van der Waals surface area contributed by atoms with Crippen molar-refractivity contribution in [2.45, 2.75) is 4.90 Å². The maximum absolute atomic E-state index is 12.3. The van der Waals surface area contributed by atoms with Crippen LogP contribution in [-0.2, 0) is 10.0 Å². The number of benzene rings is 2. The van der Waals surface area contributed by atoms with Crippen LogP contribution in [0.5, 0.6) is 0 Å². The molecular weight excluding hydrogens is 352 g/mol. The monoisotopic (exact) mass is 364 g/mol. The molecular formula is C14H12N4O6S. The number of hydrogen-bond acceptors (Lipinski definition) is 6. The molecule has 3 aromatic rings. The number of nitro groups is 1. The lowest BCUT2D eigenvalue weighted by Gasteiger charge is -2.12. The summed E-state index contributed by atoms with van der Waals surface area (Å²) < 4.78 is 25.5. The zero-order valence-corrected chi connectivity index (χ0v) is 13.9. The fourth-order valence-electron chi connectivity index (χ4n) is 2.49. The number of aromatic amines is 2. The largest absolute Gasteiger partial charge is 0.316 e. The summed E-state index contributed by atoms with van der Waals surface area (Å²) in [6.45, 7) is 0.